The normalized spacial score (nSPS) is 23.5. The molecule has 2 aromatic carbocycles. The second kappa shape index (κ2) is 15.2. The third-order valence-corrected chi connectivity index (χ3v) is 13.5. The minimum atomic E-state index is -1.11. The first-order valence-corrected chi connectivity index (χ1v) is 20.6. The van der Waals surface area contributed by atoms with Gasteiger partial charge in [0.15, 0.2) is 11.5 Å². The second-order valence-electron chi connectivity index (χ2n) is 16.9. The van der Waals surface area contributed by atoms with Gasteiger partial charge < -0.3 is 19.6 Å². The van der Waals surface area contributed by atoms with Crippen LogP contribution in [-0.4, -0.2) is 132 Å². The predicted octanol–water partition coefficient (Wildman–Crippen LogP) is 4.00. The Hall–Kier alpha value is -5.66. The highest BCUT2D eigenvalue weighted by atomic mass is 35.5. The van der Waals surface area contributed by atoms with E-state index in [0.29, 0.717) is 61.7 Å². The fourth-order valence-electron chi connectivity index (χ4n) is 9.87. The first-order chi connectivity index (χ1) is 28.4. The number of fused-ring (bicyclic) bond motifs is 1. The van der Waals surface area contributed by atoms with Crippen molar-refractivity contribution in [1.82, 2.24) is 30.2 Å². The molecule has 9 rings (SSSR count). The van der Waals surface area contributed by atoms with Crippen molar-refractivity contribution in [1.29, 1.82) is 0 Å². The van der Waals surface area contributed by atoms with Gasteiger partial charge in [0, 0.05) is 94.5 Å². The van der Waals surface area contributed by atoms with Crippen molar-refractivity contribution >= 4 is 64.0 Å². The monoisotopic (exact) mass is 822 g/mol. The largest absolute Gasteiger partial charge is 0.368 e. The molecule has 1 unspecified atom stereocenters. The van der Waals surface area contributed by atoms with Crippen LogP contribution in [-0.2, 0) is 9.59 Å². The van der Waals surface area contributed by atoms with Gasteiger partial charge >= 0.3 is 0 Å². The molecule has 1 aromatic heterocycles. The SMILES string of the molecule is [C-]#[N+]c1ccc(N2CC3(CCN(c4ccc(C(=O)N5CCN(CC6CN(c7cc8c(cc7F)C(=O)N(C7CCC(=O)NC7=O)C8=O)C6)CC5)nn4)CC3)C[C@@H]2C)cc1Cl. The number of halogens is 2. The Balaban J connectivity index is 0.730. The zero-order valence-electron chi connectivity index (χ0n) is 32.7. The lowest BCUT2D eigenvalue weighted by atomic mass is 9.77. The molecule has 2 atom stereocenters. The van der Waals surface area contributed by atoms with E-state index in [1.807, 2.05) is 28.0 Å². The predicted molar refractivity (Wildman–Crippen MR) is 216 cm³/mol. The molecule has 5 saturated heterocycles. The summed E-state index contributed by atoms with van der Waals surface area (Å²) in [7, 11) is 0. The Bertz CT molecular complexity index is 2280. The Kier molecular flexibility index (Phi) is 9.99. The molecule has 0 bridgehead atoms. The number of anilines is 3. The number of rotatable bonds is 7. The van der Waals surface area contributed by atoms with E-state index in [1.54, 1.807) is 12.1 Å². The van der Waals surface area contributed by atoms with Gasteiger partial charge in [-0.25, -0.2) is 9.24 Å². The fourth-order valence-corrected chi connectivity index (χ4v) is 10.1. The molecule has 0 radical (unpaired) electrons. The molecule has 17 heteroatoms. The summed E-state index contributed by atoms with van der Waals surface area (Å²) in [6.45, 7) is 16.6. The Morgan fingerprint density at radius 2 is 1.68 bits per heavy atom. The number of carbonyl (C=O) groups excluding carboxylic acids is 5. The molecule has 7 heterocycles. The number of nitrogens with zero attached hydrogens (tertiary/aromatic N) is 9. The van der Waals surface area contributed by atoms with Crippen LogP contribution in [0.3, 0.4) is 0 Å². The van der Waals surface area contributed by atoms with Crippen molar-refractivity contribution in [3.63, 3.8) is 0 Å². The minimum Gasteiger partial charge on any atom is -0.368 e. The summed E-state index contributed by atoms with van der Waals surface area (Å²) < 4.78 is 15.3. The average Bonchev–Trinajstić information content (AvgIpc) is 3.66. The van der Waals surface area contributed by atoms with E-state index in [2.05, 4.69) is 42.0 Å². The quantitative estimate of drug-likeness (QED) is 0.273. The van der Waals surface area contributed by atoms with Crippen molar-refractivity contribution in [3.05, 3.63) is 81.5 Å². The first kappa shape index (κ1) is 38.8. The molecule has 15 nitrogen and oxygen atoms in total. The highest BCUT2D eigenvalue weighted by Gasteiger charge is 2.47. The lowest BCUT2D eigenvalue weighted by Crippen LogP contribution is -2.55. The molecule has 0 aliphatic carbocycles. The van der Waals surface area contributed by atoms with Crippen molar-refractivity contribution < 1.29 is 28.4 Å². The number of hydrogen-bond donors (Lipinski definition) is 1. The van der Waals surface area contributed by atoms with Crippen LogP contribution in [0, 0.1) is 23.7 Å². The summed E-state index contributed by atoms with van der Waals surface area (Å²) in [5, 5.41) is 11.5. The van der Waals surface area contributed by atoms with Crippen LogP contribution in [0.15, 0.2) is 42.5 Å². The summed E-state index contributed by atoms with van der Waals surface area (Å²) in [6, 6.07) is 11.1. The number of hydrogen-bond acceptors (Lipinski definition) is 11. The van der Waals surface area contributed by atoms with E-state index < -0.39 is 35.5 Å². The van der Waals surface area contributed by atoms with Crippen molar-refractivity contribution in [3.8, 4) is 0 Å². The number of aromatic nitrogens is 2. The van der Waals surface area contributed by atoms with Crippen molar-refractivity contribution in [2.24, 2.45) is 11.3 Å². The number of imide groups is 2. The number of piperidine rings is 2. The Morgan fingerprint density at radius 3 is 2.34 bits per heavy atom. The summed E-state index contributed by atoms with van der Waals surface area (Å²) in [4.78, 5) is 78.7. The molecule has 6 aliphatic rings. The van der Waals surface area contributed by atoms with Gasteiger partial charge in [-0.15, -0.1) is 10.2 Å². The lowest BCUT2D eigenvalue weighted by Gasteiger charge is -2.44. The number of nitrogens with one attached hydrogen (secondary N) is 1. The summed E-state index contributed by atoms with van der Waals surface area (Å²) in [5.41, 5.74) is 2.26. The average molecular weight is 823 g/mol. The van der Waals surface area contributed by atoms with Gasteiger partial charge in [-0.2, -0.15) is 0 Å². The maximum absolute atomic E-state index is 15.3. The third-order valence-electron chi connectivity index (χ3n) is 13.1. The number of amides is 5. The topological polar surface area (TPSA) is 147 Å². The zero-order valence-corrected chi connectivity index (χ0v) is 33.5. The molecule has 1 spiro atoms. The van der Waals surface area contributed by atoms with E-state index in [-0.39, 0.29) is 46.9 Å². The standard InChI is InChI=1S/C42H44ClFN10O5/c1-25-20-42(24-53(25)27-3-4-32(45-2)30(43)17-27)9-11-50(12-10-42)36-7-5-33(47-48-36)41(59)51-15-13-49(14-16-51)21-26-22-52(23-26)35-19-29-28(18-31(35)44)39(57)54(40(29)58)34-6-8-37(55)46-38(34)56/h3-5,7,17-19,25-26,34H,6,8-16,20-24H2,1H3,(H,46,55,56)/t25-,34?/m0/s1. The van der Waals surface area contributed by atoms with Crippen molar-refractivity contribution in [2.75, 3.05) is 80.1 Å². The maximum Gasteiger partial charge on any atom is 0.274 e. The molecule has 3 aromatic rings. The molecule has 59 heavy (non-hydrogen) atoms. The van der Waals surface area contributed by atoms with E-state index in [4.69, 9.17) is 18.2 Å². The van der Waals surface area contributed by atoms with Crippen LogP contribution in [0.5, 0.6) is 0 Å². The van der Waals surface area contributed by atoms with Crippen LogP contribution in [0.2, 0.25) is 5.02 Å². The number of carbonyl (C=O) groups is 5. The number of benzene rings is 2. The molecular weight excluding hydrogens is 779 g/mol. The van der Waals surface area contributed by atoms with Crippen molar-refractivity contribution in [2.45, 2.75) is 51.1 Å². The van der Waals surface area contributed by atoms with E-state index in [0.717, 1.165) is 67.9 Å². The second-order valence-corrected chi connectivity index (χ2v) is 17.3. The molecule has 5 amide bonds. The van der Waals surface area contributed by atoms with Crippen LogP contribution in [0.4, 0.5) is 27.3 Å². The van der Waals surface area contributed by atoms with Gasteiger partial charge in [0.2, 0.25) is 17.5 Å². The molecule has 306 valence electrons. The summed E-state index contributed by atoms with van der Waals surface area (Å²) in [6.07, 6.45) is 3.18. The molecule has 1 N–H and O–H groups in total. The molecule has 0 saturated carbocycles. The summed E-state index contributed by atoms with van der Waals surface area (Å²) >= 11 is 6.37. The van der Waals surface area contributed by atoms with Gasteiger partial charge in [-0.05, 0) is 74.4 Å². The zero-order chi connectivity index (χ0) is 41.2. The Morgan fingerprint density at radius 1 is 0.949 bits per heavy atom. The Labute approximate surface area is 345 Å². The first-order valence-electron chi connectivity index (χ1n) is 20.2. The molecular formula is C42H44ClFN10O5. The van der Waals surface area contributed by atoms with Crippen LogP contribution in [0.25, 0.3) is 4.85 Å². The van der Waals surface area contributed by atoms with Gasteiger partial charge in [0.05, 0.1) is 23.4 Å². The highest BCUT2D eigenvalue weighted by Crippen LogP contribution is 2.46. The van der Waals surface area contributed by atoms with Gasteiger partial charge in [0.1, 0.15) is 11.9 Å². The highest BCUT2D eigenvalue weighted by molar-refractivity contribution is 6.33. The minimum absolute atomic E-state index is 0.00882. The van der Waals surface area contributed by atoms with Crippen LogP contribution < -0.4 is 20.0 Å². The van der Waals surface area contributed by atoms with Gasteiger partial charge in [-0.1, -0.05) is 17.7 Å². The van der Waals surface area contributed by atoms with E-state index >= 15 is 4.39 Å². The third kappa shape index (κ3) is 7.14. The van der Waals surface area contributed by atoms with Gasteiger partial charge in [0.25, 0.3) is 17.7 Å². The lowest BCUT2D eigenvalue weighted by molar-refractivity contribution is -0.136. The van der Waals surface area contributed by atoms with Crippen LogP contribution in [0.1, 0.15) is 70.2 Å². The van der Waals surface area contributed by atoms with E-state index in [9.17, 15) is 24.0 Å². The summed E-state index contributed by atoms with van der Waals surface area (Å²) in [5.74, 6) is -2.29. The molecule has 5 fully saturated rings. The maximum atomic E-state index is 15.3. The molecule has 6 aliphatic heterocycles. The van der Waals surface area contributed by atoms with E-state index in [1.165, 1.54) is 6.07 Å². The smallest absolute Gasteiger partial charge is 0.274 e. The number of piperazine rings is 1. The fraction of sp³-hybridized carbons (Fsp3) is 0.476. The van der Waals surface area contributed by atoms with Gasteiger partial charge in [-0.3, -0.25) is 39.1 Å². The van der Waals surface area contributed by atoms with Crippen LogP contribution >= 0.6 is 11.6 Å².